The Morgan fingerprint density at radius 2 is 2.03 bits per heavy atom. The molecular formula is C22H21N3O5S. The lowest BCUT2D eigenvalue weighted by Gasteiger charge is -2.14. The molecule has 3 rings (SSSR count). The maximum absolute atomic E-state index is 12.8. The predicted octanol–water partition coefficient (Wildman–Crippen LogP) is 3.54. The normalized spacial score (nSPS) is 16.9. The Morgan fingerprint density at radius 3 is 2.68 bits per heavy atom. The molecule has 1 heterocycles. The molecule has 8 nitrogen and oxygen atoms in total. The van der Waals surface area contributed by atoms with Gasteiger partial charge in [0.05, 0.1) is 18.4 Å². The number of hydrogen-bond donors (Lipinski definition) is 2. The monoisotopic (exact) mass is 439 g/mol. The van der Waals surface area contributed by atoms with Crippen LogP contribution in [-0.4, -0.2) is 51.9 Å². The second-order valence-electron chi connectivity index (χ2n) is 6.57. The fourth-order valence-electron chi connectivity index (χ4n) is 2.89. The van der Waals surface area contributed by atoms with E-state index in [1.807, 2.05) is 0 Å². The van der Waals surface area contributed by atoms with Gasteiger partial charge in [0.1, 0.15) is 11.0 Å². The van der Waals surface area contributed by atoms with E-state index in [0.29, 0.717) is 22.3 Å². The van der Waals surface area contributed by atoms with E-state index in [9.17, 15) is 14.4 Å². The molecule has 9 heteroatoms. The van der Waals surface area contributed by atoms with E-state index in [1.165, 1.54) is 40.9 Å². The Hall–Kier alpha value is -3.59. The van der Waals surface area contributed by atoms with E-state index < -0.39 is 11.2 Å². The summed E-state index contributed by atoms with van der Waals surface area (Å²) >= 11 is 1.22. The topological polar surface area (TPSA) is 108 Å². The number of carbonyl (C=O) groups is 3. The summed E-state index contributed by atoms with van der Waals surface area (Å²) in [6.07, 6.45) is 1.56. The summed E-state index contributed by atoms with van der Waals surface area (Å²) < 4.78 is 5.21. The third kappa shape index (κ3) is 5.52. The Kier molecular flexibility index (Phi) is 7.09. The van der Waals surface area contributed by atoms with Crippen molar-refractivity contribution in [2.45, 2.75) is 11.7 Å². The van der Waals surface area contributed by atoms with Crippen LogP contribution in [0.3, 0.4) is 0 Å². The van der Waals surface area contributed by atoms with Crippen LogP contribution >= 0.6 is 11.8 Å². The highest BCUT2D eigenvalue weighted by Gasteiger charge is 2.38. The van der Waals surface area contributed by atoms with E-state index in [-0.39, 0.29) is 30.3 Å². The number of carbonyl (C=O) groups excluding carboxylic acids is 2. The number of nitrogens with zero attached hydrogens (tertiary/aromatic N) is 2. The molecule has 31 heavy (non-hydrogen) atoms. The zero-order valence-electron chi connectivity index (χ0n) is 16.8. The number of carboxylic acid groups (broad SMARTS) is 1. The molecule has 1 aliphatic rings. The summed E-state index contributed by atoms with van der Waals surface area (Å²) in [6.45, 7) is 3.97. The van der Waals surface area contributed by atoms with Gasteiger partial charge in [0.2, 0.25) is 11.8 Å². The summed E-state index contributed by atoms with van der Waals surface area (Å²) in [5.41, 5.74) is 1.21. The zero-order chi connectivity index (χ0) is 22.4. The fraction of sp³-hybridized carbons (Fsp3) is 0.182. The van der Waals surface area contributed by atoms with Crippen molar-refractivity contribution in [3.05, 3.63) is 66.7 Å². The SMILES string of the molecule is C=CCN1C(=O)[C@@H](CC(=O)Nc2ccc(C(=O)O)cc2)SC1=Nc1cccc(OC)c1. The molecule has 1 saturated heterocycles. The van der Waals surface area contributed by atoms with E-state index in [2.05, 4.69) is 16.9 Å². The number of amidine groups is 1. The molecule has 0 bridgehead atoms. The molecule has 160 valence electrons. The van der Waals surface area contributed by atoms with Crippen LogP contribution < -0.4 is 10.1 Å². The third-order valence-corrected chi connectivity index (χ3v) is 5.57. The van der Waals surface area contributed by atoms with Gasteiger partial charge < -0.3 is 15.2 Å². The molecule has 1 aliphatic heterocycles. The number of methoxy groups -OCH3 is 1. The number of aliphatic imine (C=N–C) groups is 1. The van der Waals surface area contributed by atoms with Gasteiger partial charge in [-0.15, -0.1) is 6.58 Å². The third-order valence-electron chi connectivity index (χ3n) is 4.40. The van der Waals surface area contributed by atoms with Crippen LogP contribution in [0.4, 0.5) is 11.4 Å². The Morgan fingerprint density at radius 1 is 1.29 bits per heavy atom. The van der Waals surface area contributed by atoms with Crippen molar-refractivity contribution in [3.8, 4) is 5.75 Å². The maximum atomic E-state index is 12.8. The highest BCUT2D eigenvalue weighted by Crippen LogP contribution is 2.32. The van der Waals surface area contributed by atoms with Gasteiger partial charge in [0.15, 0.2) is 5.17 Å². The molecule has 0 spiro atoms. The van der Waals surface area contributed by atoms with Crippen LogP contribution in [0, 0.1) is 0 Å². The van der Waals surface area contributed by atoms with Crippen molar-refractivity contribution in [1.82, 2.24) is 4.90 Å². The second kappa shape index (κ2) is 9.94. The molecule has 1 atom stereocenters. The first-order valence-corrected chi connectivity index (χ1v) is 10.2. The van der Waals surface area contributed by atoms with E-state index in [4.69, 9.17) is 9.84 Å². The van der Waals surface area contributed by atoms with Crippen molar-refractivity contribution in [2.24, 2.45) is 4.99 Å². The van der Waals surface area contributed by atoms with Crippen molar-refractivity contribution >= 4 is 46.1 Å². The van der Waals surface area contributed by atoms with Crippen LogP contribution in [0.25, 0.3) is 0 Å². The first-order valence-electron chi connectivity index (χ1n) is 9.36. The second-order valence-corrected chi connectivity index (χ2v) is 7.74. The largest absolute Gasteiger partial charge is 0.497 e. The lowest BCUT2D eigenvalue weighted by Crippen LogP contribution is -2.33. The number of anilines is 1. The number of nitrogens with one attached hydrogen (secondary N) is 1. The van der Waals surface area contributed by atoms with Crippen molar-refractivity contribution < 1.29 is 24.2 Å². The van der Waals surface area contributed by atoms with E-state index in [1.54, 1.807) is 37.5 Å². The van der Waals surface area contributed by atoms with E-state index >= 15 is 0 Å². The summed E-state index contributed by atoms with van der Waals surface area (Å²) in [4.78, 5) is 42.3. The molecule has 2 amide bonds. The standard InChI is InChI=1S/C22H21N3O5S/c1-3-11-25-20(27)18(31-22(25)24-16-5-4-6-17(12-16)30-2)13-19(26)23-15-9-7-14(8-10-15)21(28)29/h3-10,12,18H,1,11,13H2,2H3,(H,23,26)(H,28,29)/t18-/m1/s1. The number of amides is 2. The van der Waals surface area contributed by atoms with Gasteiger partial charge in [0, 0.05) is 24.7 Å². The highest BCUT2D eigenvalue weighted by atomic mass is 32.2. The molecule has 0 unspecified atom stereocenters. The average molecular weight is 439 g/mol. The minimum absolute atomic E-state index is 0.0467. The molecular weight excluding hydrogens is 418 g/mol. The fourth-order valence-corrected chi connectivity index (χ4v) is 4.06. The van der Waals surface area contributed by atoms with Gasteiger partial charge in [-0.1, -0.05) is 23.9 Å². The molecule has 0 aliphatic carbocycles. The van der Waals surface area contributed by atoms with Crippen molar-refractivity contribution in [1.29, 1.82) is 0 Å². The Labute approximate surface area is 183 Å². The Bertz CT molecular complexity index is 1040. The first kappa shape index (κ1) is 22.1. The quantitative estimate of drug-likeness (QED) is 0.609. The molecule has 0 radical (unpaired) electrons. The van der Waals surface area contributed by atoms with Gasteiger partial charge >= 0.3 is 5.97 Å². The van der Waals surface area contributed by atoms with Crippen LogP contribution in [0.5, 0.6) is 5.75 Å². The van der Waals surface area contributed by atoms with Gasteiger partial charge in [0.25, 0.3) is 0 Å². The predicted molar refractivity (Wildman–Crippen MR) is 120 cm³/mol. The van der Waals surface area contributed by atoms with Crippen LogP contribution in [-0.2, 0) is 9.59 Å². The first-order chi connectivity index (χ1) is 14.9. The lowest BCUT2D eigenvalue weighted by atomic mass is 10.2. The molecule has 0 aromatic heterocycles. The van der Waals surface area contributed by atoms with Crippen LogP contribution in [0.2, 0.25) is 0 Å². The van der Waals surface area contributed by atoms with Gasteiger partial charge in [-0.05, 0) is 36.4 Å². The zero-order valence-corrected chi connectivity index (χ0v) is 17.6. The maximum Gasteiger partial charge on any atom is 0.335 e. The highest BCUT2D eigenvalue weighted by molar-refractivity contribution is 8.15. The molecule has 2 aromatic carbocycles. The molecule has 2 aromatic rings. The summed E-state index contributed by atoms with van der Waals surface area (Å²) in [6, 6.07) is 13.0. The Balaban J connectivity index is 1.71. The number of carboxylic acids is 1. The minimum Gasteiger partial charge on any atom is -0.497 e. The van der Waals surface area contributed by atoms with Crippen LogP contribution in [0.15, 0.2) is 66.2 Å². The van der Waals surface area contributed by atoms with Crippen LogP contribution in [0.1, 0.15) is 16.8 Å². The van der Waals surface area contributed by atoms with Gasteiger partial charge in [-0.3, -0.25) is 14.5 Å². The number of aromatic carboxylic acids is 1. The molecule has 0 saturated carbocycles. The van der Waals surface area contributed by atoms with Crippen molar-refractivity contribution in [3.63, 3.8) is 0 Å². The smallest absolute Gasteiger partial charge is 0.335 e. The van der Waals surface area contributed by atoms with Gasteiger partial charge in [-0.25, -0.2) is 9.79 Å². The lowest BCUT2D eigenvalue weighted by molar-refractivity contribution is -0.127. The van der Waals surface area contributed by atoms with Crippen molar-refractivity contribution in [2.75, 3.05) is 19.0 Å². The average Bonchev–Trinajstić information content (AvgIpc) is 3.03. The number of hydrogen-bond acceptors (Lipinski definition) is 6. The number of rotatable bonds is 8. The molecule has 2 N–H and O–H groups in total. The summed E-state index contributed by atoms with van der Waals surface area (Å²) in [5, 5.41) is 11.5. The summed E-state index contributed by atoms with van der Waals surface area (Å²) in [5.74, 6) is -0.967. The van der Waals surface area contributed by atoms with E-state index in [0.717, 1.165) is 0 Å². The summed E-state index contributed by atoms with van der Waals surface area (Å²) in [7, 11) is 1.56. The number of benzene rings is 2. The van der Waals surface area contributed by atoms with Gasteiger partial charge in [-0.2, -0.15) is 0 Å². The molecule has 1 fully saturated rings. The minimum atomic E-state index is -1.05. The number of ether oxygens (including phenoxy) is 1. The number of thioether (sulfide) groups is 1.